The molecule has 1 aliphatic rings. The molecule has 1 heterocycles. The average molecular weight is 797 g/mol. The average Bonchev–Trinajstić information content (AvgIpc) is 3.52. The molecule has 0 bridgehead atoms. The molecule has 0 spiro atoms. The number of hydrogen-bond acceptors (Lipinski definition) is 8. The van der Waals surface area contributed by atoms with Gasteiger partial charge in [-0.2, -0.15) is 0 Å². The molecular formula is C46H44F4N2O6. The molecule has 0 fully saturated rings. The minimum Gasteiger partial charge on any atom is -0.497 e. The topological polar surface area (TPSA) is 87.3 Å². The number of carbonyl (C=O) groups excluding carboxylic acids is 1. The highest BCUT2D eigenvalue weighted by Gasteiger charge is 2.50. The van der Waals surface area contributed by atoms with Crippen LogP contribution in [0.15, 0.2) is 109 Å². The highest BCUT2D eigenvalue weighted by molar-refractivity contribution is 5.98. The van der Waals surface area contributed by atoms with Gasteiger partial charge in [0.25, 0.3) is 0 Å². The van der Waals surface area contributed by atoms with Crippen molar-refractivity contribution in [3.05, 3.63) is 166 Å². The Bertz CT molecular complexity index is 2180. The molecule has 8 nitrogen and oxygen atoms in total. The molecule has 5 aromatic carbocycles. The quantitative estimate of drug-likeness (QED) is 0.0336. The summed E-state index contributed by atoms with van der Waals surface area (Å²) >= 11 is 0. The number of rotatable bonds is 16. The van der Waals surface area contributed by atoms with E-state index in [1.54, 1.807) is 97.1 Å². The van der Waals surface area contributed by atoms with Crippen molar-refractivity contribution in [2.75, 3.05) is 38.1 Å². The zero-order chi connectivity index (χ0) is 41.6. The van der Waals surface area contributed by atoms with Gasteiger partial charge in [-0.25, -0.2) is 22.4 Å². The van der Waals surface area contributed by atoms with Crippen molar-refractivity contribution in [1.29, 1.82) is 0 Å². The molecule has 302 valence electrons. The second kappa shape index (κ2) is 18.0. The Balaban J connectivity index is 1.66. The van der Waals surface area contributed by atoms with Crippen LogP contribution in [0.25, 0.3) is 11.1 Å². The number of halogens is 4. The summed E-state index contributed by atoms with van der Waals surface area (Å²) in [6, 6.07) is 28.2. The van der Waals surface area contributed by atoms with Crippen molar-refractivity contribution in [1.82, 2.24) is 0 Å². The maximum atomic E-state index is 16.4. The van der Waals surface area contributed by atoms with Crippen LogP contribution < -0.4 is 20.1 Å². The first-order valence-corrected chi connectivity index (χ1v) is 18.7. The molecule has 58 heavy (non-hydrogen) atoms. The van der Waals surface area contributed by atoms with E-state index in [-0.39, 0.29) is 12.5 Å². The predicted octanol–water partition coefficient (Wildman–Crippen LogP) is 10.5. The van der Waals surface area contributed by atoms with Crippen molar-refractivity contribution in [2.24, 2.45) is 0 Å². The molecule has 0 amide bonds. The first-order chi connectivity index (χ1) is 27.9. The number of benzene rings is 5. The second-order valence-corrected chi connectivity index (χ2v) is 13.4. The number of fused-ring (bicyclic) bond motifs is 1. The third-order valence-electron chi connectivity index (χ3n) is 9.61. The summed E-state index contributed by atoms with van der Waals surface area (Å²) in [7, 11) is 3.03. The minimum atomic E-state index is -2.35. The number of carbonyl (C=O) groups is 1. The highest BCUT2D eigenvalue weighted by Crippen LogP contribution is 2.48. The standard InChI is InChI=1S/C46H44F4N2O6/c1-7-56-27(3)51-33-17-9-29(10-18-33)37(31-13-21-35(54-5)22-14-31)25-46(40-39(45(53)58-46)41(47)43(49)44(50)42(40)48)26-38(32-15-23-36(55-6)24-16-32)30-11-19-34(20-12-30)52-28(4)57-8-2/h9-28,51-52H,7-8H2,1-6H3/b37-25-,38-26-. The lowest BCUT2D eigenvalue weighted by molar-refractivity contribution is 0.0291. The van der Waals surface area contributed by atoms with E-state index < -0.39 is 46.0 Å². The van der Waals surface area contributed by atoms with Crippen molar-refractivity contribution >= 4 is 28.5 Å². The molecule has 2 unspecified atom stereocenters. The fraction of sp³-hybridized carbons (Fsp3) is 0.239. The summed E-state index contributed by atoms with van der Waals surface area (Å²) in [5, 5.41) is 6.51. The number of nitrogens with one attached hydrogen (secondary N) is 2. The summed E-state index contributed by atoms with van der Waals surface area (Å²) in [4.78, 5) is 13.7. The maximum absolute atomic E-state index is 16.4. The zero-order valence-corrected chi connectivity index (χ0v) is 32.9. The largest absolute Gasteiger partial charge is 0.497 e. The Labute approximate surface area is 335 Å². The van der Waals surface area contributed by atoms with E-state index in [0.29, 0.717) is 58.1 Å². The lowest BCUT2D eigenvalue weighted by atomic mass is 9.82. The van der Waals surface area contributed by atoms with Crippen LogP contribution in [-0.4, -0.2) is 45.9 Å². The lowest BCUT2D eigenvalue weighted by Crippen LogP contribution is -2.24. The summed E-state index contributed by atoms with van der Waals surface area (Å²) in [6.45, 7) is 8.50. The molecule has 0 saturated heterocycles. The van der Waals surface area contributed by atoms with Gasteiger partial charge in [0.15, 0.2) is 28.9 Å². The number of cyclic esters (lactones) is 1. The van der Waals surface area contributed by atoms with Crippen LogP contribution in [0.5, 0.6) is 11.5 Å². The van der Waals surface area contributed by atoms with Crippen LogP contribution in [0.3, 0.4) is 0 Å². The zero-order valence-electron chi connectivity index (χ0n) is 32.9. The van der Waals surface area contributed by atoms with Gasteiger partial charge in [-0.05, 0) is 122 Å². The van der Waals surface area contributed by atoms with Crippen LogP contribution in [0, 0.1) is 23.3 Å². The van der Waals surface area contributed by atoms with E-state index in [1.807, 2.05) is 27.7 Å². The number of methoxy groups -OCH3 is 2. The first-order valence-electron chi connectivity index (χ1n) is 18.7. The normalized spacial score (nSPS) is 16.3. The van der Waals surface area contributed by atoms with Gasteiger partial charge in [-0.3, -0.25) is 0 Å². The molecule has 1 aliphatic heterocycles. The monoisotopic (exact) mass is 796 g/mol. The van der Waals surface area contributed by atoms with Crippen molar-refractivity contribution < 1.29 is 46.0 Å². The van der Waals surface area contributed by atoms with E-state index in [2.05, 4.69) is 10.6 Å². The second-order valence-electron chi connectivity index (χ2n) is 13.4. The molecule has 5 aromatic rings. The van der Waals surface area contributed by atoms with Crippen molar-refractivity contribution in [3.63, 3.8) is 0 Å². The van der Waals surface area contributed by atoms with Crippen LogP contribution in [0.1, 0.15) is 65.9 Å². The van der Waals surface area contributed by atoms with Gasteiger partial charge in [-0.15, -0.1) is 0 Å². The molecule has 0 aliphatic carbocycles. The van der Waals surface area contributed by atoms with Crippen LogP contribution in [-0.2, 0) is 19.8 Å². The molecule has 12 heteroatoms. The molecule has 0 radical (unpaired) electrons. The van der Waals surface area contributed by atoms with E-state index in [0.717, 1.165) is 11.4 Å². The van der Waals surface area contributed by atoms with Gasteiger partial charge in [0.05, 0.1) is 19.8 Å². The Morgan fingerprint density at radius 1 is 0.603 bits per heavy atom. The van der Waals surface area contributed by atoms with Gasteiger partial charge >= 0.3 is 5.97 Å². The number of esters is 1. The van der Waals surface area contributed by atoms with Gasteiger partial charge in [-0.1, -0.05) is 48.5 Å². The third kappa shape index (κ3) is 8.73. The van der Waals surface area contributed by atoms with Gasteiger partial charge in [0, 0.05) is 24.6 Å². The SMILES string of the molecule is CCOC(C)Nc1ccc(/C(=C/C2(/C=C(/c3ccc(NC(C)OCC)cc3)c3ccc(OC)cc3)OC(=O)c3c(F)c(F)c(F)c(F)c32)c2ccc(OC)cc2)cc1. The van der Waals surface area contributed by atoms with E-state index in [1.165, 1.54) is 26.4 Å². The molecule has 0 aromatic heterocycles. The van der Waals surface area contributed by atoms with Gasteiger partial charge in [0.1, 0.15) is 29.5 Å². The van der Waals surface area contributed by atoms with Crippen LogP contribution in [0.2, 0.25) is 0 Å². The third-order valence-corrected chi connectivity index (χ3v) is 9.61. The van der Waals surface area contributed by atoms with E-state index in [9.17, 15) is 9.18 Å². The van der Waals surface area contributed by atoms with Crippen LogP contribution in [0.4, 0.5) is 28.9 Å². The van der Waals surface area contributed by atoms with Crippen molar-refractivity contribution in [3.8, 4) is 11.5 Å². The first kappa shape index (κ1) is 41.5. The minimum absolute atomic E-state index is 0.294. The predicted molar refractivity (Wildman–Crippen MR) is 216 cm³/mol. The Kier molecular flexibility index (Phi) is 12.9. The van der Waals surface area contributed by atoms with E-state index >= 15 is 13.2 Å². The summed E-state index contributed by atoms with van der Waals surface area (Å²) < 4.78 is 90.5. The van der Waals surface area contributed by atoms with Crippen molar-refractivity contribution in [2.45, 2.75) is 45.8 Å². The molecule has 6 rings (SSSR count). The smallest absolute Gasteiger partial charge is 0.343 e. The number of ether oxygens (including phenoxy) is 5. The fourth-order valence-electron chi connectivity index (χ4n) is 6.87. The number of hydrogen-bond donors (Lipinski definition) is 2. The Hall–Kier alpha value is -6.11. The Morgan fingerprint density at radius 3 is 1.33 bits per heavy atom. The Morgan fingerprint density at radius 2 is 0.966 bits per heavy atom. The summed E-state index contributed by atoms with van der Waals surface area (Å²) in [5.41, 5.74) is 0.218. The highest BCUT2D eigenvalue weighted by atomic mass is 19.2. The molecule has 2 atom stereocenters. The van der Waals surface area contributed by atoms with Gasteiger partial charge < -0.3 is 34.3 Å². The molecule has 2 N–H and O–H groups in total. The van der Waals surface area contributed by atoms with E-state index in [4.69, 9.17) is 23.7 Å². The molecule has 0 saturated carbocycles. The fourth-order valence-corrected chi connectivity index (χ4v) is 6.87. The summed E-state index contributed by atoms with van der Waals surface area (Å²) in [6.07, 6.45) is 2.26. The van der Waals surface area contributed by atoms with Crippen LogP contribution >= 0.6 is 0 Å². The summed E-state index contributed by atoms with van der Waals surface area (Å²) in [5.74, 6) is -8.15. The maximum Gasteiger partial charge on any atom is 0.343 e. The number of anilines is 2. The molecular weight excluding hydrogens is 753 g/mol. The lowest BCUT2D eigenvalue weighted by Gasteiger charge is -2.27. The van der Waals surface area contributed by atoms with Gasteiger partial charge in [0.2, 0.25) is 0 Å².